The average Bonchev–Trinajstić information content (AvgIpc) is 2.55. The molecule has 0 aromatic rings. The predicted octanol–water partition coefficient (Wildman–Crippen LogP) is 4.31. The van der Waals surface area contributed by atoms with E-state index in [4.69, 9.17) is 4.55 Å². The van der Waals surface area contributed by atoms with E-state index in [0.29, 0.717) is 6.54 Å². The first-order chi connectivity index (χ1) is 12.0. The fourth-order valence-corrected chi connectivity index (χ4v) is 3.37. The van der Waals surface area contributed by atoms with Crippen LogP contribution in [0.3, 0.4) is 0 Å². The number of aliphatic hydroxyl groups is 1. The van der Waals surface area contributed by atoms with E-state index in [1.807, 2.05) is 0 Å². The van der Waals surface area contributed by atoms with Crippen LogP contribution in [0.2, 0.25) is 0 Å². The second kappa shape index (κ2) is 17.3. The Morgan fingerprint density at radius 1 is 0.800 bits per heavy atom. The Labute approximate surface area is 155 Å². The van der Waals surface area contributed by atoms with Crippen LogP contribution in [0.15, 0.2) is 0 Å². The van der Waals surface area contributed by atoms with Crippen LogP contribution >= 0.6 is 0 Å². The molecule has 0 aliphatic rings. The molecule has 0 fully saturated rings. The first-order valence-corrected chi connectivity index (χ1v) is 11.9. The van der Waals surface area contributed by atoms with Gasteiger partial charge >= 0.3 is 0 Å². The molecule has 25 heavy (non-hydrogen) atoms. The van der Waals surface area contributed by atoms with Crippen molar-refractivity contribution in [3.8, 4) is 0 Å². The van der Waals surface area contributed by atoms with E-state index in [0.717, 1.165) is 19.3 Å². The van der Waals surface area contributed by atoms with Crippen LogP contribution in [0.4, 0.5) is 0 Å². The third-order valence-corrected chi connectivity index (χ3v) is 5.28. The summed E-state index contributed by atoms with van der Waals surface area (Å²) in [4.78, 5) is 0. The highest BCUT2D eigenvalue weighted by Gasteiger charge is 2.06. The highest BCUT2D eigenvalue weighted by atomic mass is 32.2. The van der Waals surface area contributed by atoms with Crippen molar-refractivity contribution in [2.24, 2.45) is 0 Å². The maximum atomic E-state index is 10.5. The Kier molecular flexibility index (Phi) is 17.1. The molecule has 3 N–H and O–H groups in total. The van der Waals surface area contributed by atoms with Crippen molar-refractivity contribution in [1.82, 2.24) is 5.32 Å². The van der Waals surface area contributed by atoms with Crippen LogP contribution in [-0.2, 0) is 10.1 Å². The van der Waals surface area contributed by atoms with Gasteiger partial charge in [-0.05, 0) is 6.42 Å². The van der Waals surface area contributed by atoms with Gasteiger partial charge in [-0.3, -0.25) is 4.55 Å². The van der Waals surface area contributed by atoms with Crippen LogP contribution in [-0.4, -0.2) is 43.0 Å². The summed E-state index contributed by atoms with van der Waals surface area (Å²) in [6.07, 6.45) is 17.4. The lowest BCUT2D eigenvalue weighted by atomic mass is 10.0. The maximum absolute atomic E-state index is 10.5. The second-order valence-electron chi connectivity index (χ2n) is 7.18. The Hall–Kier alpha value is -0.170. The maximum Gasteiger partial charge on any atom is 0.266 e. The zero-order chi connectivity index (χ0) is 18.8. The Balaban J connectivity index is 3.19. The zero-order valence-electron chi connectivity index (χ0n) is 16.2. The van der Waals surface area contributed by atoms with Gasteiger partial charge in [0.2, 0.25) is 0 Å². The van der Waals surface area contributed by atoms with Crippen LogP contribution in [0.1, 0.15) is 96.8 Å². The number of hydrogen-bond donors (Lipinski definition) is 3. The van der Waals surface area contributed by atoms with Crippen molar-refractivity contribution in [3.05, 3.63) is 0 Å². The van der Waals surface area contributed by atoms with Crippen molar-refractivity contribution >= 4 is 10.1 Å². The summed E-state index contributed by atoms with van der Waals surface area (Å²) in [5, 5.41) is 12.6. The average molecular weight is 380 g/mol. The van der Waals surface area contributed by atoms with E-state index >= 15 is 0 Å². The number of rotatable bonds is 19. The van der Waals surface area contributed by atoms with E-state index in [-0.39, 0.29) is 12.3 Å². The molecule has 1 unspecified atom stereocenters. The van der Waals surface area contributed by atoms with E-state index in [1.165, 1.54) is 70.6 Å². The minimum atomic E-state index is -3.91. The molecule has 0 rings (SSSR count). The first-order valence-electron chi connectivity index (χ1n) is 10.3. The lowest BCUT2D eigenvalue weighted by molar-refractivity contribution is 0.158. The normalized spacial score (nSPS) is 13.2. The Bertz CT molecular complexity index is 374. The second-order valence-corrected chi connectivity index (χ2v) is 8.75. The van der Waals surface area contributed by atoms with Crippen molar-refractivity contribution in [3.63, 3.8) is 0 Å². The molecule has 0 amide bonds. The fraction of sp³-hybridized carbons (Fsp3) is 1.00. The summed E-state index contributed by atoms with van der Waals surface area (Å²) in [5.74, 6) is -0.307. The van der Waals surface area contributed by atoms with E-state index in [2.05, 4.69) is 12.2 Å². The molecule has 0 aromatic carbocycles. The summed E-state index contributed by atoms with van der Waals surface area (Å²) in [6, 6.07) is 0. The predicted molar refractivity (Wildman–Crippen MR) is 106 cm³/mol. The third kappa shape index (κ3) is 21.8. The highest BCUT2D eigenvalue weighted by molar-refractivity contribution is 7.85. The summed E-state index contributed by atoms with van der Waals surface area (Å²) in [5.41, 5.74) is 0. The lowest BCUT2D eigenvalue weighted by Crippen LogP contribution is -2.30. The van der Waals surface area contributed by atoms with Gasteiger partial charge in [0.25, 0.3) is 10.1 Å². The van der Waals surface area contributed by atoms with Gasteiger partial charge in [-0.1, -0.05) is 90.4 Å². The first kappa shape index (κ1) is 24.8. The molecule has 0 radical (unpaired) electrons. The quantitative estimate of drug-likeness (QED) is 0.230. The van der Waals surface area contributed by atoms with Gasteiger partial charge in [-0.15, -0.1) is 0 Å². The van der Waals surface area contributed by atoms with Gasteiger partial charge in [0.05, 0.1) is 11.9 Å². The van der Waals surface area contributed by atoms with Gasteiger partial charge in [0.15, 0.2) is 0 Å². The van der Waals surface area contributed by atoms with Gasteiger partial charge in [0, 0.05) is 13.1 Å². The molecule has 0 bridgehead atoms. The fourth-order valence-electron chi connectivity index (χ4n) is 2.97. The summed E-state index contributed by atoms with van der Waals surface area (Å²) in [6.45, 7) is 2.81. The molecular formula is C19H41NO4S. The molecule has 0 aliphatic heterocycles. The van der Waals surface area contributed by atoms with E-state index in [9.17, 15) is 13.5 Å². The zero-order valence-corrected chi connectivity index (χ0v) is 17.0. The molecular weight excluding hydrogens is 338 g/mol. The minimum absolute atomic E-state index is 0.175. The van der Waals surface area contributed by atoms with Crippen LogP contribution in [0.25, 0.3) is 0 Å². The summed E-state index contributed by atoms with van der Waals surface area (Å²) in [7, 11) is -3.91. The number of nitrogens with one attached hydrogen (secondary N) is 1. The minimum Gasteiger partial charge on any atom is -0.392 e. The van der Waals surface area contributed by atoms with Crippen molar-refractivity contribution in [2.45, 2.75) is 103 Å². The molecule has 152 valence electrons. The molecule has 0 aromatic heterocycles. The van der Waals surface area contributed by atoms with Crippen molar-refractivity contribution in [2.75, 3.05) is 18.8 Å². The number of hydrogen-bond acceptors (Lipinski definition) is 4. The SMILES string of the molecule is CCCCCCCCCCCCCCCC(O)CNCCS(=O)(=O)O. The summed E-state index contributed by atoms with van der Waals surface area (Å²) >= 11 is 0. The van der Waals surface area contributed by atoms with E-state index < -0.39 is 16.2 Å². The third-order valence-electron chi connectivity index (χ3n) is 4.56. The molecule has 0 saturated heterocycles. The molecule has 6 heteroatoms. The van der Waals surface area contributed by atoms with Crippen LogP contribution in [0, 0.1) is 0 Å². The van der Waals surface area contributed by atoms with Crippen LogP contribution < -0.4 is 5.32 Å². The Morgan fingerprint density at radius 2 is 1.24 bits per heavy atom. The van der Waals surface area contributed by atoms with Gasteiger partial charge in [0.1, 0.15) is 0 Å². The summed E-state index contributed by atoms with van der Waals surface area (Å²) < 4.78 is 29.7. The Morgan fingerprint density at radius 3 is 1.68 bits per heavy atom. The number of unbranched alkanes of at least 4 members (excludes halogenated alkanes) is 12. The van der Waals surface area contributed by atoms with E-state index in [1.54, 1.807) is 0 Å². The molecule has 0 heterocycles. The van der Waals surface area contributed by atoms with Crippen LogP contribution in [0.5, 0.6) is 0 Å². The largest absolute Gasteiger partial charge is 0.392 e. The van der Waals surface area contributed by atoms with Gasteiger partial charge in [-0.25, -0.2) is 0 Å². The van der Waals surface area contributed by atoms with Gasteiger partial charge in [-0.2, -0.15) is 8.42 Å². The molecule has 0 aliphatic carbocycles. The highest BCUT2D eigenvalue weighted by Crippen LogP contribution is 2.13. The molecule has 0 saturated carbocycles. The lowest BCUT2D eigenvalue weighted by Gasteiger charge is -2.11. The van der Waals surface area contributed by atoms with Gasteiger partial charge < -0.3 is 10.4 Å². The molecule has 5 nitrogen and oxygen atoms in total. The number of aliphatic hydroxyl groups excluding tert-OH is 1. The smallest absolute Gasteiger partial charge is 0.266 e. The molecule has 1 atom stereocenters. The van der Waals surface area contributed by atoms with Crippen molar-refractivity contribution < 1.29 is 18.1 Å². The molecule has 0 spiro atoms. The topological polar surface area (TPSA) is 86.6 Å². The monoisotopic (exact) mass is 379 g/mol. The van der Waals surface area contributed by atoms with Crippen molar-refractivity contribution in [1.29, 1.82) is 0 Å². The standard InChI is InChI=1S/C19H41NO4S/c1-2-3-4-5-6-7-8-9-10-11-12-13-14-15-19(21)18-20-16-17-25(22,23)24/h19-21H,2-18H2,1H3,(H,22,23,24).